The number of unbranched alkanes of at least 4 members (excludes halogenated alkanes) is 2. The van der Waals surface area contributed by atoms with Crippen LogP contribution in [0.4, 0.5) is 0 Å². The van der Waals surface area contributed by atoms with Crippen LogP contribution in [0.3, 0.4) is 0 Å². The van der Waals surface area contributed by atoms with E-state index in [1.165, 1.54) is 6.07 Å². The lowest BCUT2D eigenvalue weighted by Gasteiger charge is -2.09. The summed E-state index contributed by atoms with van der Waals surface area (Å²) in [5, 5.41) is 8.80. The van der Waals surface area contributed by atoms with Gasteiger partial charge in [-0.2, -0.15) is 5.26 Å². The van der Waals surface area contributed by atoms with Gasteiger partial charge in [0.1, 0.15) is 0 Å². The first-order valence-corrected chi connectivity index (χ1v) is 7.50. The van der Waals surface area contributed by atoms with Gasteiger partial charge in [-0.1, -0.05) is 25.8 Å². The predicted molar refractivity (Wildman–Crippen MR) is 70.6 cm³/mol. The smallest absolute Gasteiger partial charge is 0.211 e. The fourth-order valence-electron chi connectivity index (χ4n) is 1.62. The van der Waals surface area contributed by atoms with Crippen molar-refractivity contribution in [1.29, 1.82) is 5.26 Å². The summed E-state index contributed by atoms with van der Waals surface area (Å²) < 4.78 is 26.7. The van der Waals surface area contributed by atoms with Gasteiger partial charge in [0.15, 0.2) is 0 Å². The Balaban J connectivity index is 2.88. The maximum absolute atomic E-state index is 12.1. The highest BCUT2D eigenvalue weighted by Crippen LogP contribution is 2.16. The molecule has 0 fully saturated rings. The molecule has 0 atom stereocenters. The van der Waals surface area contributed by atoms with Crippen molar-refractivity contribution < 1.29 is 8.42 Å². The normalized spacial score (nSPS) is 11.2. The summed E-state index contributed by atoms with van der Waals surface area (Å²) in [5.41, 5.74) is 1.01. The third-order valence-electron chi connectivity index (χ3n) is 2.68. The van der Waals surface area contributed by atoms with Crippen LogP contribution in [0.2, 0.25) is 0 Å². The van der Waals surface area contributed by atoms with Crippen molar-refractivity contribution in [2.75, 3.05) is 6.54 Å². The zero-order valence-corrected chi connectivity index (χ0v) is 11.5. The molecule has 1 N–H and O–H groups in total. The van der Waals surface area contributed by atoms with Crippen molar-refractivity contribution in [3.63, 3.8) is 0 Å². The summed E-state index contributed by atoms with van der Waals surface area (Å²) in [7, 11) is -3.51. The van der Waals surface area contributed by atoms with Crippen molar-refractivity contribution >= 4 is 10.0 Å². The molecule has 1 rings (SSSR count). The van der Waals surface area contributed by atoms with Crippen molar-refractivity contribution in [3.05, 3.63) is 29.3 Å². The average molecular weight is 266 g/mol. The maximum Gasteiger partial charge on any atom is 0.240 e. The summed E-state index contributed by atoms with van der Waals surface area (Å²) in [6.07, 6.45) is 2.87. The zero-order valence-electron chi connectivity index (χ0n) is 10.7. The van der Waals surface area contributed by atoms with Crippen molar-refractivity contribution in [3.8, 4) is 6.07 Å². The second-order valence-corrected chi connectivity index (χ2v) is 5.93. The Morgan fingerprint density at radius 3 is 2.67 bits per heavy atom. The lowest BCUT2D eigenvalue weighted by molar-refractivity contribution is 0.575. The summed E-state index contributed by atoms with van der Waals surface area (Å²) in [5.74, 6) is 0. The Labute approximate surface area is 109 Å². The zero-order chi connectivity index (χ0) is 13.6. The number of benzene rings is 1. The highest BCUT2D eigenvalue weighted by atomic mass is 32.2. The van der Waals surface area contributed by atoms with Gasteiger partial charge in [-0.15, -0.1) is 0 Å². The lowest BCUT2D eigenvalue weighted by Crippen LogP contribution is -2.25. The molecule has 0 aliphatic heterocycles. The van der Waals surface area contributed by atoms with Gasteiger partial charge in [-0.25, -0.2) is 13.1 Å². The van der Waals surface area contributed by atoms with Crippen LogP contribution < -0.4 is 4.72 Å². The Bertz CT molecular complexity index is 545. The topological polar surface area (TPSA) is 70.0 Å². The van der Waals surface area contributed by atoms with Gasteiger partial charge in [0, 0.05) is 6.54 Å². The number of rotatable bonds is 6. The van der Waals surface area contributed by atoms with Gasteiger partial charge in [0.2, 0.25) is 10.0 Å². The first-order valence-electron chi connectivity index (χ1n) is 6.01. The number of sulfonamides is 1. The summed E-state index contributed by atoms with van der Waals surface area (Å²) >= 11 is 0. The number of aryl methyl sites for hydroxylation is 1. The van der Waals surface area contributed by atoms with Gasteiger partial charge in [0.25, 0.3) is 0 Å². The van der Waals surface area contributed by atoms with Gasteiger partial charge in [0.05, 0.1) is 16.5 Å². The molecule has 1 aromatic rings. The third kappa shape index (κ3) is 3.83. The fourth-order valence-corrected chi connectivity index (χ4v) is 2.96. The van der Waals surface area contributed by atoms with E-state index in [4.69, 9.17) is 5.26 Å². The number of nitrogens with zero attached hydrogens (tertiary/aromatic N) is 1. The van der Waals surface area contributed by atoms with E-state index in [0.717, 1.165) is 19.3 Å². The number of nitriles is 1. The minimum absolute atomic E-state index is 0.193. The second-order valence-electron chi connectivity index (χ2n) is 4.20. The molecule has 5 heteroatoms. The largest absolute Gasteiger partial charge is 0.240 e. The maximum atomic E-state index is 12.1. The summed E-state index contributed by atoms with van der Waals surface area (Å²) in [4.78, 5) is 0.193. The van der Waals surface area contributed by atoms with E-state index >= 15 is 0 Å². The van der Waals surface area contributed by atoms with Gasteiger partial charge >= 0.3 is 0 Å². The molecular weight excluding hydrogens is 248 g/mol. The molecule has 0 aliphatic rings. The molecule has 0 amide bonds. The van der Waals surface area contributed by atoms with E-state index < -0.39 is 10.0 Å². The predicted octanol–water partition coefficient (Wildman–Crippen LogP) is 2.34. The molecule has 1 aromatic carbocycles. The highest BCUT2D eigenvalue weighted by Gasteiger charge is 2.16. The van der Waals surface area contributed by atoms with E-state index in [1.807, 2.05) is 6.07 Å². The van der Waals surface area contributed by atoms with E-state index in [-0.39, 0.29) is 4.90 Å². The molecule has 0 unspecified atom stereocenters. The molecule has 0 saturated heterocycles. The van der Waals surface area contributed by atoms with Crippen LogP contribution in [0.5, 0.6) is 0 Å². The van der Waals surface area contributed by atoms with Crippen molar-refractivity contribution in [2.45, 2.75) is 38.0 Å². The van der Waals surface area contributed by atoms with Crippen LogP contribution >= 0.6 is 0 Å². The standard InChI is InChI=1S/C13H18N2O2S/c1-3-4-5-8-15-18(16,17)13-9-12(10-14)7-6-11(13)2/h6-7,9,15H,3-5,8H2,1-2H3. The molecule has 0 saturated carbocycles. The second kappa shape index (κ2) is 6.53. The Morgan fingerprint density at radius 1 is 1.33 bits per heavy atom. The first-order chi connectivity index (χ1) is 8.51. The van der Waals surface area contributed by atoms with E-state index in [1.54, 1.807) is 19.1 Å². The van der Waals surface area contributed by atoms with E-state index in [9.17, 15) is 8.42 Å². The van der Waals surface area contributed by atoms with Gasteiger partial charge < -0.3 is 0 Å². The van der Waals surface area contributed by atoms with Crippen LogP contribution in [0, 0.1) is 18.3 Å². The SMILES string of the molecule is CCCCCNS(=O)(=O)c1cc(C#N)ccc1C. The summed E-state index contributed by atoms with van der Waals surface area (Å²) in [6, 6.07) is 6.63. The Morgan fingerprint density at radius 2 is 2.06 bits per heavy atom. The molecule has 98 valence electrons. The lowest BCUT2D eigenvalue weighted by atomic mass is 10.2. The Kier molecular flexibility index (Phi) is 5.32. The van der Waals surface area contributed by atoms with Crippen LogP contribution in [-0.4, -0.2) is 15.0 Å². The van der Waals surface area contributed by atoms with Crippen LogP contribution in [0.15, 0.2) is 23.1 Å². The molecule has 0 radical (unpaired) electrons. The van der Waals surface area contributed by atoms with Gasteiger partial charge in [-0.05, 0) is 31.0 Å². The first kappa shape index (κ1) is 14.7. The average Bonchev–Trinajstić information content (AvgIpc) is 2.35. The number of nitrogens with one attached hydrogen (secondary N) is 1. The summed E-state index contributed by atoms with van der Waals surface area (Å²) in [6.45, 7) is 4.23. The fraction of sp³-hybridized carbons (Fsp3) is 0.462. The quantitative estimate of drug-likeness (QED) is 0.803. The van der Waals surface area contributed by atoms with E-state index in [2.05, 4.69) is 11.6 Å². The molecule has 0 spiro atoms. The van der Waals surface area contributed by atoms with E-state index in [0.29, 0.717) is 17.7 Å². The monoisotopic (exact) mass is 266 g/mol. The Hall–Kier alpha value is -1.38. The molecule has 0 aliphatic carbocycles. The molecule has 0 aromatic heterocycles. The van der Waals surface area contributed by atoms with Crippen molar-refractivity contribution in [1.82, 2.24) is 4.72 Å². The highest BCUT2D eigenvalue weighted by molar-refractivity contribution is 7.89. The third-order valence-corrected chi connectivity index (χ3v) is 4.28. The minimum atomic E-state index is -3.51. The number of hydrogen-bond acceptors (Lipinski definition) is 3. The van der Waals surface area contributed by atoms with Gasteiger partial charge in [-0.3, -0.25) is 0 Å². The molecular formula is C13H18N2O2S. The van der Waals surface area contributed by atoms with Crippen LogP contribution in [-0.2, 0) is 10.0 Å². The van der Waals surface area contributed by atoms with Crippen LogP contribution in [0.1, 0.15) is 37.3 Å². The molecule has 0 heterocycles. The molecule has 4 nitrogen and oxygen atoms in total. The molecule has 18 heavy (non-hydrogen) atoms. The minimum Gasteiger partial charge on any atom is -0.211 e. The number of hydrogen-bond donors (Lipinski definition) is 1. The molecule has 0 bridgehead atoms. The van der Waals surface area contributed by atoms with Crippen LogP contribution in [0.25, 0.3) is 0 Å². The van der Waals surface area contributed by atoms with Crippen molar-refractivity contribution in [2.24, 2.45) is 0 Å².